The lowest BCUT2D eigenvalue weighted by atomic mass is 10.2. The van der Waals surface area contributed by atoms with Gasteiger partial charge in [-0.15, -0.1) is 0 Å². The van der Waals surface area contributed by atoms with Crippen LogP contribution in [0.3, 0.4) is 0 Å². The number of nitrogens with one attached hydrogen (secondary N) is 1. The molecule has 1 aliphatic rings. The Kier molecular flexibility index (Phi) is 5.98. The lowest BCUT2D eigenvalue weighted by Gasteiger charge is -2.11. The van der Waals surface area contributed by atoms with Gasteiger partial charge in [-0.2, -0.15) is 0 Å². The molecule has 0 bridgehead atoms. The van der Waals surface area contributed by atoms with Crippen LogP contribution in [0.25, 0.3) is 0 Å². The van der Waals surface area contributed by atoms with Gasteiger partial charge in [0.05, 0.1) is 6.61 Å². The summed E-state index contributed by atoms with van der Waals surface area (Å²) < 4.78 is 5.64. The largest absolute Gasteiger partial charge is 0.377 e. The number of benzene rings is 1. The van der Waals surface area contributed by atoms with Gasteiger partial charge >= 0.3 is 0 Å². The van der Waals surface area contributed by atoms with E-state index in [9.17, 15) is 0 Å². The van der Waals surface area contributed by atoms with Crippen molar-refractivity contribution in [2.24, 2.45) is 0 Å². The molecule has 0 saturated heterocycles. The minimum Gasteiger partial charge on any atom is -0.377 e. The molecule has 0 amide bonds. The summed E-state index contributed by atoms with van der Waals surface area (Å²) in [7, 11) is 0. The van der Waals surface area contributed by atoms with Crippen LogP contribution in [0.1, 0.15) is 37.7 Å². The van der Waals surface area contributed by atoms with E-state index < -0.39 is 0 Å². The molecule has 1 saturated carbocycles. The highest BCUT2D eigenvalue weighted by atomic mass is 35.5. The van der Waals surface area contributed by atoms with Crippen LogP contribution in [0.5, 0.6) is 0 Å². The maximum absolute atomic E-state index is 5.83. The summed E-state index contributed by atoms with van der Waals surface area (Å²) >= 11 is 5.83. The second kappa shape index (κ2) is 7.78. The molecule has 2 rings (SSSR count). The van der Waals surface area contributed by atoms with Gasteiger partial charge in [-0.05, 0) is 43.5 Å². The van der Waals surface area contributed by atoms with Crippen molar-refractivity contribution in [2.75, 3.05) is 13.2 Å². The Morgan fingerprint density at radius 3 is 2.61 bits per heavy atom. The Balaban J connectivity index is 1.49. The predicted molar refractivity (Wildman–Crippen MR) is 76.0 cm³/mol. The van der Waals surface area contributed by atoms with Crippen LogP contribution in [0.2, 0.25) is 5.02 Å². The molecule has 1 aliphatic carbocycles. The molecule has 1 N–H and O–H groups in total. The zero-order valence-electron chi connectivity index (χ0n) is 10.8. The summed E-state index contributed by atoms with van der Waals surface area (Å²) in [5, 5.41) is 4.37. The zero-order valence-corrected chi connectivity index (χ0v) is 11.6. The second-order valence-corrected chi connectivity index (χ2v) is 5.40. The van der Waals surface area contributed by atoms with Gasteiger partial charge in [-0.3, -0.25) is 0 Å². The average Bonchev–Trinajstić information content (AvgIpc) is 2.89. The first-order valence-corrected chi connectivity index (χ1v) is 7.28. The maximum atomic E-state index is 5.83. The number of hydrogen-bond donors (Lipinski definition) is 1. The molecule has 1 fully saturated rings. The number of ether oxygens (including phenoxy) is 1. The van der Waals surface area contributed by atoms with Gasteiger partial charge in [0.15, 0.2) is 0 Å². The molecule has 0 spiro atoms. The van der Waals surface area contributed by atoms with Crippen LogP contribution in [0, 0.1) is 0 Å². The molecule has 3 heteroatoms. The van der Waals surface area contributed by atoms with E-state index in [0.717, 1.165) is 30.6 Å². The van der Waals surface area contributed by atoms with Crippen molar-refractivity contribution in [3.8, 4) is 0 Å². The average molecular weight is 268 g/mol. The highest BCUT2D eigenvalue weighted by Gasteiger charge is 2.12. The summed E-state index contributed by atoms with van der Waals surface area (Å²) in [6.07, 6.45) is 6.58. The van der Waals surface area contributed by atoms with E-state index in [4.69, 9.17) is 16.3 Å². The van der Waals surface area contributed by atoms with Gasteiger partial charge in [0.1, 0.15) is 0 Å². The van der Waals surface area contributed by atoms with Crippen LogP contribution < -0.4 is 5.32 Å². The lowest BCUT2D eigenvalue weighted by Crippen LogP contribution is -2.27. The molecule has 2 nitrogen and oxygen atoms in total. The molecule has 0 aromatic heterocycles. The smallest absolute Gasteiger partial charge is 0.0716 e. The first-order chi connectivity index (χ1) is 8.84. The second-order valence-electron chi connectivity index (χ2n) is 4.97. The molecular weight excluding hydrogens is 246 g/mol. The Hall–Kier alpha value is -0.570. The van der Waals surface area contributed by atoms with Gasteiger partial charge in [-0.25, -0.2) is 0 Å². The third kappa shape index (κ3) is 4.97. The van der Waals surface area contributed by atoms with Gasteiger partial charge in [0.2, 0.25) is 0 Å². The molecule has 0 heterocycles. The fraction of sp³-hybridized carbons (Fsp3) is 0.600. The van der Waals surface area contributed by atoms with Gasteiger partial charge in [0.25, 0.3) is 0 Å². The van der Waals surface area contributed by atoms with Crippen molar-refractivity contribution < 1.29 is 4.74 Å². The summed E-state index contributed by atoms with van der Waals surface area (Å²) in [6, 6.07) is 8.60. The highest BCUT2D eigenvalue weighted by molar-refractivity contribution is 6.30. The van der Waals surface area contributed by atoms with Crippen LogP contribution in [0.15, 0.2) is 24.3 Å². The van der Waals surface area contributed by atoms with E-state index in [1.165, 1.54) is 31.2 Å². The fourth-order valence-electron chi connectivity index (χ4n) is 2.38. The lowest BCUT2D eigenvalue weighted by molar-refractivity contribution is 0.118. The minimum absolute atomic E-state index is 0.681. The van der Waals surface area contributed by atoms with Crippen molar-refractivity contribution in [3.63, 3.8) is 0 Å². The van der Waals surface area contributed by atoms with E-state index in [2.05, 4.69) is 5.32 Å². The summed E-state index contributed by atoms with van der Waals surface area (Å²) in [4.78, 5) is 0. The van der Waals surface area contributed by atoms with E-state index >= 15 is 0 Å². The summed E-state index contributed by atoms with van der Waals surface area (Å²) in [6.45, 7) is 2.58. The molecule has 0 radical (unpaired) electrons. The Morgan fingerprint density at radius 2 is 1.89 bits per heavy atom. The Labute approximate surface area is 115 Å². The third-order valence-corrected chi connectivity index (χ3v) is 3.69. The molecule has 0 atom stereocenters. The molecule has 1 aromatic rings. The standard InChI is InChI=1S/C15H22ClNO/c16-14-8-6-13(7-9-14)12-18-11-3-10-17-15-4-1-2-5-15/h6-9,15,17H,1-5,10-12H2. The van der Waals surface area contributed by atoms with Crippen molar-refractivity contribution in [1.82, 2.24) is 5.32 Å². The minimum atomic E-state index is 0.681. The number of halogens is 1. The monoisotopic (exact) mass is 267 g/mol. The summed E-state index contributed by atoms with van der Waals surface area (Å²) in [5.74, 6) is 0. The van der Waals surface area contributed by atoms with E-state index in [0.29, 0.717) is 6.61 Å². The van der Waals surface area contributed by atoms with Gasteiger partial charge < -0.3 is 10.1 Å². The topological polar surface area (TPSA) is 21.3 Å². The van der Waals surface area contributed by atoms with Gasteiger partial charge in [-0.1, -0.05) is 36.6 Å². The zero-order chi connectivity index (χ0) is 12.6. The predicted octanol–water partition coefficient (Wildman–Crippen LogP) is 3.78. The number of rotatable bonds is 7. The van der Waals surface area contributed by atoms with E-state index in [1.54, 1.807) is 0 Å². The molecule has 100 valence electrons. The van der Waals surface area contributed by atoms with Gasteiger partial charge in [0, 0.05) is 17.7 Å². The van der Waals surface area contributed by atoms with Crippen LogP contribution >= 0.6 is 11.6 Å². The van der Waals surface area contributed by atoms with Crippen LogP contribution in [0.4, 0.5) is 0 Å². The van der Waals surface area contributed by atoms with Crippen molar-refractivity contribution in [2.45, 2.75) is 44.8 Å². The van der Waals surface area contributed by atoms with Crippen molar-refractivity contribution in [1.29, 1.82) is 0 Å². The Bertz CT molecular complexity index is 333. The molecule has 0 unspecified atom stereocenters. The SMILES string of the molecule is Clc1ccc(COCCCNC2CCCC2)cc1. The fourth-order valence-corrected chi connectivity index (χ4v) is 2.51. The van der Waals surface area contributed by atoms with E-state index in [1.807, 2.05) is 24.3 Å². The third-order valence-electron chi connectivity index (χ3n) is 3.44. The quantitative estimate of drug-likeness (QED) is 0.759. The Morgan fingerprint density at radius 1 is 1.17 bits per heavy atom. The highest BCUT2D eigenvalue weighted by Crippen LogP contribution is 2.17. The van der Waals surface area contributed by atoms with Crippen LogP contribution in [-0.4, -0.2) is 19.2 Å². The molecule has 1 aromatic carbocycles. The first-order valence-electron chi connectivity index (χ1n) is 6.90. The van der Waals surface area contributed by atoms with Crippen LogP contribution in [-0.2, 0) is 11.3 Å². The number of hydrogen-bond acceptors (Lipinski definition) is 2. The molecule has 0 aliphatic heterocycles. The van der Waals surface area contributed by atoms with Crippen molar-refractivity contribution in [3.05, 3.63) is 34.9 Å². The normalized spacial score (nSPS) is 16.3. The summed E-state index contributed by atoms with van der Waals surface area (Å²) in [5.41, 5.74) is 1.18. The first kappa shape index (κ1) is 13.9. The molecular formula is C15H22ClNO. The van der Waals surface area contributed by atoms with E-state index in [-0.39, 0.29) is 0 Å². The molecule has 18 heavy (non-hydrogen) atoms. The van der Waals surface area contributed by atoms with Crippen molar-refractivity contribution >= 4 is 11.6 Å². The maximum Gasteiger partial charge on any atom is 0.0716 e.